The average Bonchev–Trinajstić information content (AvgIpc) is 3.22. The number of thiazole rings is 1. The maximum Gasteiger partial charge on any atom is 0.182 e. The molecule has 114 valence electrons. The van der Waals surface area contributed by atoms with E-state index >= 15 is 0 Å². The molecule has 2 N–H and O–H groups in total. The third-order valence-corrected chi connectivity index (χ3v) is 4.51. The van der Waals surface area contributed by atoms with Gasteiger partial charge in [0.1, 0.15) is 16.9 Å². The number of nitrogens with one attached hydrogen (secondary N) is 2. The molecule has 23 heavy (non-hydrogen) atoms. The Morgan fingerprint density at radius 2 is 2.09 bits per heavy atom. The molecule has 3 aromatic heterocycles. The van der Waals surface area contributed by atoms with Crippen LogP contribution in [0.4, 0.5) is 5.82 Å². The van der Waals surface area contributed by atoms with Crippen LogP contribution in [0.2, 0.25) is 0 Å². The van der Waals surface area contributed by atoms with Crippen LogP contribution in [-0.4, -0.2) is 24.9 Å². The van der Waals surface area contributed by atoms with Gasteiger partial charge in [-0.3, -0.25) is 0 Å². The number of aromatic nitrogens is 5. The molecule has 0 saturated heterocycles. The maximum atomic E-state index is 4.71. The number of hydrogen-bond acceptors (Lipinski definition) is 6. The fourth-order valence-electron chi connectivity index (χ4n) is 2.40. The lowest BCUT2D eigenvalue weighted by molar-refractivity contribution is 1.05. The molecule has 1 aromatic carbocycles. The first-order valence-electron chi connectivity index (χ1n) is 7.19. The van der Waals surface area contributed by atoms with Crippen LogP contribution in [0.1, 0.15) is 11.3 Å². The van der Waals surface area contributed by atoms with Gasteiger partial charge in [-0.05, 0) is 12.5 Å². The molecule has 0 spiro atoms. The minimum Gasteiger partial charge on any atom is -0.362 e. The summed E-state index contributed by atoms with van der Waals surface area (Å²) >= 11 is 1.65. The highest BCUT2D eigenvalue weighted by Crippen LogP contribution is 2.27. The van der Waals surface area contributed by atoms with E-state index in [1.165, 1.54) is 17.5 Å². The average molecular weight is 322 g/mol. The van der Waals surface area contributed by atoms with Crippen LogP contribution in [0.3, 0.4) is 0 Å². The van der Waals surface area contributed by atoms with Crippen molar-refractivity contribution in [2.75, 3.05) is 5.32 Å². The number of hydrogen-bond donors (Lipinski definition) is 2. The maximum absolute atomic E-state index is 4.71. The molecular weight excluding hydrogens is 308 g/mol. The van der Waals surface area contributed by atoms with E-state index in [4.69, 9.17) is 4.98 Å². The zero-order valence-electron chi connectivity index (χ0n) is 12.4. The van der Waals surface area contributed by atoms with Crippen molar-refractivity contribution in [3.63, 3.8) is 0 Å². The number of fused-ring (bicyclic) bond motifs is 1. The van der Waals surface area contributed by atoms with Gasteiger partial charge in [0.05, 0.1) is 18.6 Å². The van der Waals surface area contributed by atoms with E-state index in [1.807, 2.05) is 12.1 Å². The Morgan fingerprint density at radius 3 is 3.00 bits per heavy atom. The van der Waals surface area contributed by atoms with Gasteiger partial charge >= 0.3 is 0 Å². The molecule has 0 radical (unpaired) electrons. The Morgan fingerprint density at radius 1 is 1.17 bits per heavy atom. The number of imidazole rings is 1. The highest BCUT2D eigenvalue weighted by molar-refractivity contribution is 7.13. The van der Waals surface area contributed by atoms with Crippen molar-refractivity contribution in [1.29, 1.82) is 0 Å². The van der Waals surface area contributed by atoms with Gasteiger partial charge < -0.3 is 10.3 Å². The predicted molar refractivity (Wildman–Crippen MR) is 91.3 cm³/mol. The summed E-state index contributed by atoms with van der Waals surface area (Å²) in [5.74, 6) is 0.734. The highest BCUT2D eigenvalue weighted by atomic mass is 32.1. The zero-order valence-corrected chi connectivity index (χ0v) is 13.3. The second kappa shape index (κ2) is 5.77. The van der Waals surface area contributed by atoms with Gasteiger partial charge in [0, 0.05) is 10.9 Å². The van der Waals surface area contributed by atoms with Gasteiger partial charge in [-0.2, -0.15) is 0 Å². The lowest BCUT2D eigenvalue weighted by Gasteiger charge is -2.04. The lowest BCUT2D eigenvalue weighted by Crippen LogP contribution is -2.02. The monoisotopic (exact) mass is 322 g/mol. The SMILES string of the molecule is Cc1ccccc1-c1nc(CNc2ncnc3nc[nH]c23)cs1. The van der Waals surface area contributed by atoms with Gasteiger partial charge in [-0.1, -0.05) is 24.3 Å². The van der Waals surface area contributed by atoms with Crippen molar-refractivity contribution in [3.8, 4) is 10.6 Å². The van der Waals surface area contributed by atoms with Gasteiger partial charge in [0.25, 0.3) is 0 Å². The first-order chi connectivity index (χ1) is 11.3. The first kappa shape index (κ1) is 13.8. The van der Waals surface area contributed by atoms with E-state index in [0.29, 0.717) is 12.2 Å². The summed E-state index contributed by atoms with van der Waals surface area (Å²) in [6.07, 6.45) is 3.12. The standard InChI is InChI=1S/C16H14N6S/c1-10-4-2-3-5-12(10)16-22-11(7-23-16)6-17-14-13-15(19-8-18-13)21-9-20-14/h2-5,7-9H,6H2,1H3,(H2,17,18,19,20,21). The summed E-state index contributed by atoms with van der Waals surface area (Å²) < 4.78 is 0. The Bertz CT molecular complexity index is 958. The van der Waals surface area contributed by atoms with Gasteiger partial charge in [-0.15, -0.1) is 11.3 Å². The molecule has 3 heterocycles. The predicted octanol–water partition coefficient (Wildman–Crippen LogP) is 3.40. The van der Waals surface area contributed by atoms with Crippen LogP contribution in [0.25, 0.3) is 21.7 Å². The summed E-state index contributed by atoms with van der Waals surface area (Å²) in [4.78, 5) is 20.2. The molecule has 0 atom stereocenters. The third-order valence-electron chi connectivity index (χ3n) is 3.59. The van der Waals surface area contributed by atoms with Crippen molar-refractivity contribution in [2.45, 2.75) is 13.5 Å². The van der Waals surface area contributed by atoms with Crippen LogP contribution in [0, 0.1) is 6.92 Å². The molecule has 0 amide bonds. The highest BCUT2D eigenvalue weighted by Gasteiger charge is 2.09. The molecule has 7 heteroatoms. The summed E-state index contributed by atoms with van der Waals surface area (Å²) in [6, 6.07) is 8.28. The van der Waals surface area contributed by atoms with Crippen LogP contribution in [0.15, 0.2) is 42.3 Å². The molecule has 0 saturated carbocycles. The van der Waals surface area contributed by atoms with Crippen LogP contribution in [-0.2, 0) is 6.54 Å². The van der Waals surface area contributed by atoms with Crippen molar-refractivity contribution >= 4 is 28.3 Å². The number of nitrogens with zero attached hydrogens (tertiary/aromatic N) is 4. The first-order valence-corrected chi connectivity index (χ1v) is 8.07. The second-order valence-electron chi connectivity index (χ2n) is 5.14. The van der Waals surface area contributed by atoms with Crippen molar-refractivity contribution in [2.24, 2.45) is 0 Å². The molecular formula is C16H14N6S. The number of aromatic amines is 1. The Balaban J connectivity index is 1.54. The summed E-state index contributed by atoms with van der Waals surface area (Å²) in [5, 5.41) is 6.40. The number of rotatable bonds is 4. The van der Waals surface area contributed by atoms with Crippen molar-refractivity contribution < 1.29 is 0 Å². The minimum atomic E-state index is 0.605. The smallest absolute Gasteiger partial charge is 0.182 e. The molecule has 0 bridgehead atoms. The number of benzene rings is 1. The van der Waals surface area contributed by atoms with E-state index in [-0.39, 0.29) is 0 Å². The minimum absolute atomic E-state index is 0.605. The van der Waals surface area contributed by atoms with Crippen molar-refractivity contribution in [3.05, 3.63) is 53.6 Å². The summed E-state index contributed by atoms with van der Waals surface area (Å²) in [5.41, 5.74) is 4.86. The topological polar surface area (TPSA) is 79.4 Å². The number of anilines is 1. The lowest BCUT2D eigenvalue weighted by atomic mass is 10.1. The fraction of sp³-hybridized carbons (Fsp3) is 0.125. The van der Waals surface area contributed by atoms with Crippen LogP contribution < -0.4 is 5.32 Å². The van der Waals surface area contributed by atoms with Gasteiger partial charge in [-0.25, -0.2) is 19.9 Å². The van der Waals surface area contributed by atoms with Crippen LogP contribution in [0.5, 0.6) is 0 Å². The van der Waals surface area contributed by atoms with Gasteiger partial charge in [0.15, 0.2) is 11.5 Å². The molecule has 0 fully saturated rings. The van der Waals surface area contributed by atoms with Crippen LogP contribution >= 0.6 is 11.3 Å². The molecule has 4 rings (SSSR count). The van der Waals surface area contributed by atoms with E-state index in [0.717, 1.165) is 22.0 Å². The Labute approximate surface area is 136 Å². The van der Waals surface area contributed by atoms with E-state index in [2.05, 4.69) is 49.7 Å². The van der Waals surface area contributed by atoms with E-state index in [1.54, 1.807) is 17.7 Å². The molecule has 6 nitrogen and oxygen atoms in total. The van der Waals surface area contributed by atoms with E-state index < -0.39 is 0 Å². The molecule has 0 aliphatic carbocycles. The van der Waals surface area contributed by atoms with Gasteiger partial charge in [0.2, 0.25) is 0 Å². The largest absolute Gasteiger partial charge is 0.362 e. The quantitative estimate of drug-likeness (QED) is 0.602. The molecule has 4 aromatic rings. The zero-order chi connectivity index (χ0) is 15.6. The van der Waals surface area contributed by atoms with E-state index in [9.17, 15) is 0 Å². The normalized spacial score (nSPS) is 11.0. The molecule has 0 aliphatic heterocycles. The summed E-state index contributed by atoms with van der Waals surface area (Å²) in [7, 11) is 0. The molecule has 0 unspecified atom stereocenters. The third kappa shape index (κ3) is 2.66. The second-order valence-corrected chi connectivity index (χ2v) is 5.99. The Kier molecular flexibility index (Phi) is 3.47. The number of aryl methyl sites for hydroxylation is 1. The summed E-state index contributed by atoms with van der Waals surface area (Å²) in [6.45, 7) is 2.71. The Hall–Kier alpha value is -2.80. The fourth-order valence-corrected chi connectivity index (χ4v) is 3.31. The molecule has 0 aliphatic rings. The number of H-pyrrole nitrogens is 1. The van der Waals surface area contributed by atoms with Crippen molar-refractivity contribution in [1.82, 2.24) is 24.9 Å².